The molecular weight excluding hydrogens is 548 g/mol. The zero-order valence-corrected chi connectivity index (χ0v) is 24.6. The smallest absolute Gasteiger partial charge is 0.289 e. The number of hydrogen-bond acceptors (Lipinski definition) is 5. The number of likely N-dealkylation sites (tertiary alicyclic amines) is 1. The van der Waals surface area contributed by atoms with Crippen molar-refractivity contribution >= 4 is 34.2 Å². The van der Waals surface area contributed by atoms with Gasteiger partial charge in [-0.3, -0.25) is 14.3 Å². The van der Waals surface area contributed by atoms with Crippen LogP contribution >= 0.6 is 11.6 Å². The van der Waals surface area contributed by atoms with Crippen molar-refractivity contribution in [3.63, 3.8) is 0 Å². The van der Waals surface area contributed by atoms with Gasteiger partial charge in [-0.15, -0.1) is 0 Å². The van der Waals surface area contributed by atoms with E-state index in [0.29, 0.717) is 17.7 Å². The summed E-state index contributed by atoms with van der Waals surface area (Å²) in [5.74, 6) is -0.757. The molecule has 1 saturated heterocycles. The number of ether oxygens (including phenoxy) is 1. The van der Waals surface area contributed by atoms with Gasteiger partial charge >= 0.3 is 0 Å². The van der Waals surface area contributed by atoms with Crippen molar-refractivity contribution in [2.75, 3.05) is 19.6 Å². The molecule has 0 radical (unpaired) electrons. The first-order chi connectivity index (χ1) is 20.4. The molecule has 0 atom stereocenters. The number of aromatic nitrogens is 2. The van der Waals surface area contributed by atoms with E-state index in [1.165, 1.54) is 70.1 Å². The fourth-order valence-corrected chi connectivity index (χ4v) is 5.62. The summed E-state index contributed by atoms with van der Waals surface area (Å²) in [5, 5.41) is 6.53. The molecule has 42 heavy (non-hydrogen) atoms. The number of ketones is 1. The number of aryl methyl sites for hydroxylation is 1. The molecule has 0 unspecified atom stereocenters. The molecule has 4 aromatic rings. The Kier molecular flexibility index (Phi) is 8.58. The van der Waals surface area contributed by atoms with Crippen molar-refractivity contribution in [3.8, 4) is 16.9 Å². The van der Waals surface area contributed by atoms with Gasteiger partial charge in [-0.1, -0.05) is 54.1 Å². The Morgan fingerprint density at radius 2 is 1.67 bits per heavy atom. The number of carbonyl (C=O) groups is 2. The second-order valence-corrected chi connectivity index (χ2v) is 12.0. The molecule has 218 valence electrons. The Labute approximate surface area is 251 Å². The van der Waals surface area contributed by atoms with Crippen molar-refractivity contribution in [2.24, 2.45) is 5.73 Å². The maximum absolute atomic E-state index is 11.6. The number of fused-ring (bicyclic) bond motifs is 1. The lowest BCUT2D eigenvalue weighted by Gasteiger charge is -2.14. The number of hydrogen-bond donors (Lipinski definition) is 1. The SMILES string of the molecule is Clc1cc(CCCN2CCCC2)ccc1OC1CC1.NC(=O)C(=O)c1ccc(-c2ccc3cn(C4CC4)nc3c2)cc1. The van der Waals surface area contributed by atoms with E-state index in [9.17, 15) is 9.59 Å². The zero-order valence-electron chi connectivity index (χ0n) is 23.8. The molecule has 0 bridgehead atoms. The van der Waals surface area contributed by atoms with Gasteiger partial charge in [-0.05, 0) is 106 Å². The number of Topliss-reactive ketones (excluding diaryl/α,β-unsaturated/α-hetero) is 1. The van der Waals surface area contributed by atoms with Crippen molar-refractivity contribution in [1.29, 1.82) is 0 Å². The predicted octanol–water partition coefficient (Wildman–Crippen LogP) is 6.62. The van der Waals surface area contributed by atoms with Gasteiger partial charge in [0, 0.05) is 17.1 Å². The standard InChI is InChI=1S/C18H15N3O2.C16H22ClNO/c19-18(23)17(22)12-3-1-11(2-4-12)13-5-6-14-10-21(15-7-8-15)20-16(14)9-13;17-15-12-13(4-3-11-18-9-1-2-10-18)5-8-16(15)19-14-6-7-14/h1-6,9-10,15H,7-8H2,(H2,19,23);5,8,12,14H,1-4,6-7,9-11H2. The lowest BCUT2D eigenvalue weighted by atomic mass is 10.0. The molecule has 8 heteroatoms. The first kappa shape index (κ1) is 28.4. The molecule has 1 aromatic heterocycles. The van der Waals surface area contributed by atoms with Crippen LogP contribution in [0.4, 0.5) is 0 Å². The number of primary amides is 1. The summed E-state index contributed by atoms with van der Waals surface area (Å²) in [5.41, 5.74) is 9.60. The summed E-state index contributed by atoms with van der Waals surface area (Å²) < 4.78 is 7.80. The van der Waals surface area contributed by atoms with E-state index in [0.717, 1.165) is 39.2 Å². The summed E-state index contributed by atoms with van der Waals surface area (Å²) >= 11 is 6.27. The van der Waals surface area contributed by atoms with Gasteiger partial charge in [0.25, 0.3) is 5.91 Å². The molecule has 2 saturated carbocycles. The van der Waals surface area contributed by atoms with Crippen molar-refractivity contribution in [2.45, 2.75) is 63.5 Å². The van der Waals surface area contributed by atoms with Crippen LogP contribution in [-0.4, -0.2) is 52.1 Å². The van der Waals surface area contributed by atoms with Crippen LogP contribution in [0.15, 0.2) is 66.9 Å². The van der Waals surface area contributed by atoms with Crippen LogP contribution in [0.3, 0.4) is 0 Å². The lowest BCUT2D eigenvalue weighted by molar-refractivity contribution is -0.114. The monoisotopic (exact) mass is 584 g/mol. The van der Waals surface area contributed by atoms with Crippen LogP contribution in [0, 0.1) is 0 Å². The lowest BCUT2D eigenvalue weighted by Crippen LogP contribution is -2.22. The molecular formula is C34H37ClN4O3. The van der Waals surface area contributed by atoms with Crippen LogP contribution < -0.4 is 10.5 Å². The molecule has 2 N–H and O–H groups in total. The molecule has 7 rings (SSSR count). The van der Waals surface area contributed by atoms with Gasteiger partial charge in [0.05, 0.1) is 22.7 Å². The minimum Gasteiger partial charge on any atom is -0.489 e. The maximum Gasteiger partial charge on any atom is 0.289 e. The average Bonchev–Trinajstić information content (AvgIpc) is 3.92. The van der Waals surface area contributed by atoms with Gasteiger partial charge in [0.1, 0.15) is 5.75 Å². The highest BCUT2D eigenvalue weighted by Crippen LogP contribution is 2.36. The third-order valence-electron chi connectivity index (χ3n) is 8.10. The predicted molar refractivity (Wildman–Crippen MR) is 166 cm³/mol. The molecule has 0 spiro atoms. The molecule has 1 amide bonds. The number of halogens is 1. The Hall–Kier alpha value is -3.68. The number of nitrogens with zero attached hydrogens (tertiary/aromatic N) is 3. The van der Waals surface area contributed by atoms with Crippen LogP contribution in [0.2, 0.25) is 5.02 Å². The molecule has 3 aliphatic rings. The van der Waals surface area contributed by atoms with E-state index < -0.39 is 11.7 Å². The quantitative estimate of drug-likeness (QED) is 0.167. The van der Waals surface area contributed by atoms with Crippen LogP contribution in [0.25, 0.3) is 22.0 Å². The summed E-state index contributed by atoms with van der Waals surface area (Å²) in [6.07, 6.45) is 12.3. The van der Waals surface area contributed by atoms with Crippen molar-refractivity contribution < 1.29 is 14.3 Å². The fraction of sp³-hybridized carbons (Fsp3) is 0.382. The van der Waals surface area contributed by atoms with Gasteiger partial charge in [0.2, 0.25) is 5.78 Å². The topological polar surface area (TPSA) is 90.5 Å². The molecule has 7 nitrogen and oxygen atoms in total. The minimum absolute atomic E-state index is 0.306. The number of nitrogens with two attached hydrogens (primary N) is 1. The second-order valence-electron chi connectivity index (χ2n) is 11.6. The normalized spacial score (nSPS) is 16.7. The van der Waals surface area contributed by atoms with Gasteiger partial charge in [-0.2, -0.15) is 5.10 Å². The molecule has 2 heterocycles. The summed E-state index contributed by atoms with van der Waals surface area (Å²) in [6, 6.07) is 19.8. The highest BCUT2D eigenvalue weighted by Gasteiger charge is 2.25. The fourth-order valence-electron chi connectivity index (χ4n) is 5.37. The highest BCUT2D eigenvalue weighted by molar-refractivity contribution is 6.42. The molecule has 3 fully saturated rings. The van der Waals surface area contributed by atoms with Gasteiger partial charge < -0.3 is 15.4 Å². The summed E-state index contributed by atoms with van der Waals surface area (Å²) in [6.45, 7) is 3.79. The van der Waals surface area contributed by atoms with Crippen LogP contribution in [0.5, 0.6) is 5.75 Å². The van der Waals surface area contributed by atoms with E-state index in [-0.39, 0.29) is 0 Å². The number of carbonyl (C=O) groups excluding carboxylic acids is 2. The van der Waals surface area contributed by atoms with Crippen LogP contribution in [-0.2, 0) is 11.2 Å². The maximum atomic E-state index is 11.6. The Morgan fingerprint density at radius 3 is 2.33 bits per heavy atom. The highest BCUT2D eigenvalue weighted by atomic mass is 35.5. The minimum atomic E-state index is -0.940. The zero-order chi connectivity index (χ0) is 29.1. The third kappa shape index (κ3) is 7.20. The van der Waals surface area contributed by atoms with Crippen molar-refractivity contribution in [1.82, 2.24) is 14.7 Å². The van der Waals surface area contributed by atoms with E-state index in [4.69, 9.17) is 22.1 Å². The number of rotatable bonds is 10. The molecule has 1 aliphatic heterocycles. The van der Waals surface area contributed by atoms with Crippen molar-refractivity contribution in [3.05, 3.63) is 83.0 Å². The second kappa shape index (κ2) is 12.7. The summed E-state index contributed by atoms with van der Waals surface area (Å²) in [7, 11) is 0. The third-order valence-corrected chi connectivity index (χ3v) is 8.40. The van der Waals surface area contributed by atoms with E-state index in [1.54, 1.807) is 12.1 Å². The largest absolute Gasteiger partial charge is 0.489 e. The Balaban J connectivity index is 0.000000153. The Morgan fingerprint density at radius 1 is 0.929 bits per heavy atom. The first-order valence-electron chi connectivity index (χ1n) is 15.0. The van der Waals surface area contributed by atoms with Gasteiger partial charge in [0.15, 0.2) is 0 Å². The van der Waals surface area contributed by atoms with E-state index in [2.05, 4.69) is 34.4 Å². The molecule has 3 aromatic carbocycles. The number of benzene rings is 3. The number of amides is 1. The first-order valence-corrected chi connectivity index (χ1v) is 15.4. The Bertz CT molecular complexity index is 1570. The van der Waals surface area contributed by atoms with Gasteiger partial charge in [-0.25, -0.2) is 0 Å². The summed E-state index contributed by atoms with van der Waals surface area (Å²) in [4.78, 5) is 25.0. The molecule has 2 aliphatic carbocycles. The van der Waals surface area contributed by atoms with E-state index in [1.807, 2.05) is 35.0 Å². The average molecular weight is 585 g/mol. The van der Waals surface area contributed by atoms with Crippen LogP contribution in [0.1, 0.15) is 66.9 Å². The van der Waals surface area contributed by atoms with E-state index >= 15 is 0 Å².